The number of aliphatic imine (C=N–C) groups is 1. The Balaban J connectivity index is 2.20. The van der Waals surface area contributed by atoms with E-state index in [0.29, 0.717) is 24.6 Å². The summed E-state index contributed by atoms with van der Waals surface area (Å²) in [5.74, 6) is 0.698. The Bertz CT molecular complexity index is 874. The van der Waals surface area contributed by atoms with E-state index in [0.717, 1.165) is 43.2 Å². The van der Waals surface area contributed by atoms with E-state index in [1.54, 1.807) is 6.07 Å². The van der Waals surface area contributed by atoms with Crippen molar-refractivity contribution in [3.8, 4) is 11.5 Å². The maximum absolute atomic E-state index is 13.3. The van der Waals surface area contributed by atoms with Gasteiger partial charge in [-0.25, -0.2) is 0 Å². The zero-order valence-corrected chi connectivity index (χ0v) is 21.4. The zero-order valence-electron chi connectivity index (χ0n) is 21.4. The Morgan fingerprint density at radius 3 is 2.56 bits per heavy atom. The summed E-state index contributed by atoms with van der Waals surface area (Å²) < 4.78 is 11.0. The van der Waals surface area contributed by atoms with E-state index in [9.17, 15) is 14.7 Å². The molecular weight excluding hydrogens is 430 g/mol. The van der Waals surface area contributed by atoms with Crippen LogP contribution in [0.25, 0.3) is 0 Å². The predicted molar refractivity (Wildman–Crippen MR) is 136 cm³/mol. The number of phenolic OH excluding ortho intramolecular Hbond substituents is 1. The molecule has 0 fully saturated rings. The lowest BCUT2D eigenvalue weighted by molar-refractivity contribution is -0.150. The van der Waals surface area contributed by atoms with Gasteiger partial charge in [0.15, 0.2) is 11.5 Å². The van der Waals surface area contributed by atoms with Crippen molar-refractivity contribution in [3.05, 3.63) is 35.4 Å². The van der Waals surface area contributed by atoms with Crippen LogP contribution in [0.1, 0.15) is 84.1 Å². The van der Waals surface area contributed by atoms with E-state index < -0.39 is 6.10 Å². The Hall–Kier alpha value is -2.63. The fraction of sp³-hybridized carbons (Fsp3) is 0.607. The molecule has 1 aliphatic heterocycles. The Morgan fingerprint density at radius 2 is 1.97 bits per heavy atom. The van der Waals surface area contributed by atoms with Crippen molar-refractivity contribution in [2.24, 2.45) is 16.8 Å². The molecule has 1 aromatic rings. The van der Waals surface area contributed by atoms with Gasteiger partial charge in [-0.05, 0) is 54.4 Å². The number of Topliss-reactive ketones (excluding diaryl/α,β-unsaturated/α-hetero) is 1. The fourth-order valence-electron chi connectivity index (χ4n) is 4.67. The van der Waals surface area contributed by atoms with E-state index in [4.69, 9.17) is 9.47 Å². The highest BCUT2D eigenvalue weighted by molar-refractivity contribution is 5.81. The average molecular weight is 472 g/mol. The van der Waals surface area contributed by atoms with E-state index >= 15 is 0 Å². The number of rotatable bonds is 15. The molecule has 0 radical (unpaired) electrons. The van der Waals surface area contributed by atoms with E-state index in [-0.39, 0.29) is 35.8 Å². The third-order valence-corrected chi connectivity index (χ3v) is 6.32. The standard InChI is InChI=1S/C28H41NO5/c1-6-7-8-23(14-21-11-12-29-18-21)27(34-20(4)30)17-25(31)15-24(13-19(2)3)22-9-10-26(32)28(16-22)33-5/h9-11,16,18-19,23-24,27,32H,6-8,12-15,17H2,1-5H3. The van der Waals surface area contributed by atoms with Crippen LogP contribution in [0.5, 0.6) is 11.5 Å². The average Bonchev–Trinajstić information content (AvgIpc) is 3.28. The minimum absolute atomic E-state index is 0.00116. The van der Waals surface area contributed by atoms with Crippen LogP contribution in [-0.4, -0.2) is 42.8 Å². The van der Waals surface area contributed by atoms with Gasteiger partial charge in [-0.3, -0.25) is 14.6 Å². The van der Waals surface area contributed by atoms with E-state index in [1.165, 1.54) is 14.0 Å². The zero-order chi connectivity index (χ0) is 25.1. The van der Waals surface area contributed by atoms with Gasteiger partial charge in [-0.1, -0.05) is 45.8 Å². The van der Waals surface area contributed by atoms with Crippen molar-refractivity contribution in [2.45, 2.75) is 84.7 Å². The SMILES string of the molecule is CCCCC(CC1=CCN=C1)C(CC(=O)CC(CC(C)C)c1ccc(O)c(OC)c1)OC(C)=O. The molecule has 34 heavy (non-hydrogen) atoms. The van der Waals surface area contributed by atoms with Gasteiger partial charge >= 0.3 is 5.97 Å². The molecule has 0 saturated carbocycles. The van der Waals surface area contributed by atoms with Crippen molar-refractivity contribution >= 4 is 18.0 Å². The third kappa shape index (κ3) is 8.96. The highest BCUT2D eigenvalue weighted by atomic mass is 16.5. The molecule has 0 aromatic heterocycles. The van der Waals surface area contributed by atoms with Crippen molar-refractivity contribution in [2.75, 3.05) is 13.7 Å². The Morgan fingerprint density at radius 1 is 1.21 bits per heavy atom. The number of ether oxygens (including phenoxy) is 2. The molecular formula is C28H41NO5. The lowest BCUT2D eigenvalue weighted by Gasteiger charge is -2.27. The highest BCUT2D eigenvalue weighted by Crippen LogP contribution is 2.35. The van der Waals surface area contributed by atoms with Gasteiger partial charge in [0, 0.05) is 31.9 Å². The summed E-state index contributed by atoms with van der Waals surface area (Å²) >= 11 is 0. The fourth-order valence-corrected chi connectivity index (χ4v) is 4.67. The Kier molecular flexibility index (Phi) is 11.3. The van der Waals surface area contributed by atoms with Crippen LogP contribution in [0.3, 0.4) is 0 Å². The molecule has 0 aliphatic carbocycles. The summed E-state index contributed by atoms with van der Waals surface area (Å²) in [5, 5.41) is 9.98. The summed E-state index contributed by atoms with van der Waals surface area (Å²) in [6.45, 7) is 8.51. The van der Waals surface area contributed by atoms with Crippen LogP contribution in [0.2, 0.25) is 0 Å². The number of carbonyl (C=O) groups excluding carboxylic acids is 2. The molecule has 188 valence electrons. The van der Waals surface area contributed by atoms with Gasteiger partial charge < -0.3 is 14.6 Å². The molecule has 3 unspecified atom stereocenters. The van der Waals surface area contributed by atoms with Gasteiger partial charge in [-0.15, -0.1) is 0 Å². The number of ketones is 1. The van der Waals surface area contributed by atoms with Gasteiger partial charge in [0.1, 0.15) is 11.9 Å². The third-order valence-electron chi connectivity index (χ3n) is 6.32. The maximum Gasteiger partial charge on any atom is 0.302 e. The first kappa shape index (κ1) is 27.6. The minimum atomic E-state index is -0.444. The number of hydrogen-bond donors (Lipinski definition) is 1. The molecule has 6 heteroatoms. The number of aromatic hydroxyl groups is 1. The van der Waals surface area contributed by atoms with Crippen LogP contribution in [0.4, 0.5) is 0 Å². The first-order chi connectivity index (χ1) is 16.2. The summed E-state index contributed by atoms with van der Waals surface area (Å²) in [7, 11) is 1.52. The van der Waals surface area contributed by atoms with Gasteiger partial charge in [-0.2, -0.15) is 0 Å². The van der Waals surface area contributed by atoms with Crippen molar-refractivity contribution in [3.63, 3.8) is 0 Å². The number of benzene rings is 1. The first-order valence-electron chi connectivity index (χ1n) is 12.5. The molecule has 0 amide bonds. The topological polar surface area (TPSA) is 85.2 Å². The second-order valence-electron chi connectivity index (χ2n) is 9.73. The number of carbonyl (C=O) groups is 2. The minimum Gasteiger partial charge on any atom is -0.504 e. The normalized spacial score (nSPS) is 15.6. The summed E-state index contributed by atoms with van der Waals surface area (Å²) in [5.41, 5.74) is 2.12. The van der Waals surface area contributed by atoms with Crippen LogP contribution < -0.4 is 4.74 Å². The predicted octanol–water partition coefficient (Wildman–Crippen LogP) is 6.02. The monoisotopic (exact) mass is 471 g/mol. The lowest BCUT2D eigenvalue weighted by Crippen LogP contribution is -2.30. The van der Waals surface area contributed by atoms with Crippen molar-refractivity contribution in [1.82, 2.24) is 0 Å². The quantitative estimate of drug-likeness (QED) is 0.316. The largest absolute Gasteiger partial charge is 0.504 e. The molecule has 1 N–H and O–H groups in total. The second-order valence-corrected chi connectivity index (χ2v) is 9.73. The number of phenols is 1. The smallest absolute Gasteiger partial charge is 0.302 e. The van der Waals surface area contributed by atoms with E-state index in [2.05, 4.69) is 31.8 Å². The van der Waals surface area contributed by atoms with Crippen LogP contribution in [0, 0.1) is 11.8 Å². The van der Waals surface area contributed by atoms with Gasteiger partial charge in [0.2, 0.25) is 0 Å². The molecule has 0 bridgehead atoms. The highest BCUT2D eigenvalue weighted by Gasteiger charge is 2.29. The Labute approximate surface area is 204 Å². The first-order valence-corrected chi connectivity index (χ1v) is 12.5. The van der Waals surface area contributed by atoms with Crippen molar-refractivity contribution < 1.29 is 24.2 Å². The molecule has 0 saturated heterocycles. The molecule has 0 spiro atoms. The number of hydrogen-bond acceptors (Lipinski definition) is 6. The second kappa shape index (κ2) is 13.9. The molecule has 3 atom stereocenters. The molecule has 1 heterocycles. The van der Waals surface area contributed by atoms with E-state index in [1.807, 2.05) is 18.3 Å². The summed E-state index contributed by atoms with van der Waals surface area (Å²) in [6, 6.07) is 5.29. The number of nitrogens with zero attached hydrogens (tertiary/aromatic N) is 1. The maximum atomic E-state index is 13.3. The number of unbranched alkanes of at least 4 members (excludes halogenated alkanes) is 1. The molecule has 6 nitrogen and oxygen atoms in total. The lowest BCUT2D eigenvalue weighted by atomic mass is 9.83. The number of allylic oxidation sites excluding steroid dienone is 1. The molecule has 2 rings (SSSR count). The van der Waals surface area contributed by atoms with Crippen molar-refractivity contribution in [1.29, 1.82) is 0 Å². The number of methoxy groups -OCH3 is 1. The van der Waals surface area contributed by atoms with Crippen LogP contribution in [0.15, 0.2) is 34.8 Å². The summed E-state index contributed by atoms with van der Waals surface area (Å²) in [4.78, 5) is 29.5. The van der Waals surface area contributed by atoms with Crippen LogP contribution >= 0.6 is 0 Å². The molecule has 1 aromatic carbocycles. The molecule has 1 aliphatic rings. The van der Waals surface area contributed by atoms with Gasteiger partial charge in [0.05, 0.1) is 13.7 Å². The van der Waals surface area contributed by atoms with Gasteiger partial charge in [0.25, 0.3) is 0 Å². The number of esters is 1. The summed E-state index contributed by atoms with van der Waals surface area (Å²) in [6.07, 6.45) is 8.67. The van der Waals surface area contributed by atoms with Crippen LogP contribution in [-0.2, 0) is 14.3 Å².